The molecule has 3 aromatic carbocycles. The molecule has 0 saturated heterocycles. The van der Waals surface area contributed by atoms with E-state index in [0.717, 1.165) is 23.2 Å². The van der Waals surface area contributed by atoms with Crippen LogP contribution >= 0.6 is 0 Å². The monoisotopic (exact) mass is 492 g/mol. The third kappa shape index (κ3) is 4.18. The van der Waals surface area contributed by atoms with Crippen LogP contribution < -0.4 is 24.2 Å². The average molecular weight is 493 g/mol. The summed E-state index contributed by atoms with van der Waals surface area (Å²) in [6, 6.07) is 18.1. The van der Waals surface area contributed by atoms with E-state index in [9.17, 15) is 8.42 Å². The molecule has 35 heavy (non-hydrogen) atoms. The van der Waals surface area contributed by atoms with Crippen LogP contribution in [0.4, 0.5) is 11.4 Å². The van der Waals surface area contributed by atoms with Gasteiger partial charge in [0, 0.05) is 17.3 Å². The number of anilines is 2. The molecule has 5 rings (SSSR count). The lowest BCUT2D eigenvalue weighted by atomic mass is 9.77. The summed E-state index contributed by atoms with van der Waals surface area (Å²) in [5.74, 6) is 2.06. The van der Waals surface area contributed by atoms with Gasteiger partial charge >= 0.3 is 0 Å². The lowest BCUT2D eigenvalue weighted by Gasteiger charge is -2.38. The summed E-state index contributed by atoms with van der Waals surface area (Å²) in [6.45, 7) is 0. The predicted molar refractivity (Wildman–Crippen MR) is 136 cm³/mol. The van der Waals surface area contributed by atoms with Crippen LogP contribution in [0.25, 0.3) is 0 Å². The molecule has 7 nitrogen and oxygen atoms in total. The molecule has 0 radical (unpaired) electrons. The van der Waals surface area contributed by atoms with Gasteiger partial charge in [-0.2, -0.15) is 0 Å². The minimum Gasteiger partial charge on any atom is -0.493 e. The third-order valence-corrected chi connectivity index (χ3v) is 8.10. The summed E-state index contributed by atoms with van der Waals surface area (Å²) in [7, 11) is 1.09. The molecule has 2 aliphatic rings. The summed E-state index contributed by atoms with van der Waals surface area (Å²) in [4.78, 5) is 0.243. The Bertz CT molecular complexity index is 1350. The van der Waals surface area contributed by atoms with E-state index in [2.05, 4.69) is 22.2 Å². The van der Waals surface area contributed by atoms with Gasteiger partial charge in [0.1, 0.15) is 0 Å². The van der Waals surface area contributed by atoms with Crippen molar-refractivity contribution in [3.8, 4) is 17.2 Å². The van der Waals surface area contributed by atoms with Gasteiger partial charge < -0.3 is 19.5 Å². The van der Waals surface area contributed by atoms with Crippen LogP contribution in [0.2, 0.25) is 0 Å². The number of allylic oxidation sites excluding steroid dienone is 2. The molecule has 0 bridgehead atoms. The van der Waals surface area contributed by atoms with E-state index in [1.165, 1.54) is 0 Å². The fourth-order valence-electron chi connectivity index (χ4n) is 5.07. The maximum Gasteiger partial charge on any atom is 0.261 e. The van der Waals surface area contributed by atoms with E-state index in [1.807, 2.05) is 24.3 Å². The van der Waals surface area contributed by atoms with Gasteiger partial charge in [-0.25, -0.2) is 8.42 Å². The summed E-state index contributed by atoms with van der Waals surface area (Å²) in [5, 5.41) is 3.65. The Morgan fingerprint density at radius 2 is 1.63 bits per heavy atom. The van der Waals surface area contributed by atoms with Crippen LogP contribution in [-0.4, -0.2) is 29.7 Å². The smallest absolute Gasteiger partial charge is 0.261 e. The van der Waals surface area contributed by atoms with Crippen molar-refractivity contribution in [2.75, 3.05) is 31.4 Å². The lowest BCUT2D eigenvalue weighted by molar-refractivity contribution is 0.322. The highest BCUT2D eigenvalue weighted by atomic mass is 32.2. The molecule has 0 spiro atoms. The van der Waals surface area contributed by atoms with E-state index in [-0.39, 0.29) is 22.8 Å². The van der Waals surface area contributed by atoms with Gasteiger partial charge in [0.05, 0.1) is 32.3 Å². The molecule has 182 valence electrons. The van der Waals surface area contributed by atoms with Gasteiger partial charge in [0.25, 0.3) is 10.0 Å². The first kappa shape index (κ1) is 23.1. The van der Waals surface area contributed by atoms with E-state index in [0.29, 0.717) is 22.9 Å². The number of sulfonamides is 1. The molecule has 3 unspecified atom stereocenters. The zero-order chi connectivity index (χ0) is 24.6. The first-order valence-electron chi connectivity index (χ1n) is 11.4. The number of hydrogen-bond donors (Lipinski definition) is 2. The van der Waals surface area contributed by atoms with Crippen molar-refractivity contribution in [1.82, 2.24) is 0 Å². The SMILES string of the molecule is COc1cc(C2Nc3ccc(S(=O)(=O)Nc4ccccc4)cc3C3C=CCC32)cc(OC)c1OC. The molecule has 0 amide bonds. The molecular formula is C27H28N2O5S. The summed E-state index contributed by atoms with van der Waals surface area (Å²) < 4.78 is 45.4. The Balaban J connectivity index is 1.51. The van der Waals surface area contributed by atoms with Crippen LogP contribution in [0.1, 0.15) is 29.5 Å². The molecule has 3 atom stereocenters. The van der Waals surface area contributed by atoms with Crippen molar-refractivity contribution in [2.24, 2.45) is 5.92 Å². The number of rotatable bonds is 7. The molecular weight excluding hydrogens is 464 g/mol. The van der Waals surface area contributed by atoms with E-state index >= 15 is 0 Å². The lowest BCUT2D eigenvalue weighted by Crippen LogP contribution is -2.29. The van der Waals surface area contributed by atoms with Crippen LogP contribution in [0.5, 0.6) is 17.2 Å². The van der Waals surface area contributed by atoms with Crippen molar-refractivity contribution in [1.29, 1.82) is 0 Å². The Morgan fingerprint density at radius 3 is 2.29 bits per heavy atom. The summed E-state index contributed by atoms with van der Waals surface area (Å²) in [5.41, 5.74) is 3.44. The van der Waals surface area contributed by atoms with Crippen LogP contribution in [-0.2, 0) is 10.0 Å². The molecule has 8 heteroatoms. The number of ether oxygens (including phenoxy) is 3. The van der Waals surface area contributed by atoms with Crippen molar-refractivity contribution in [3.05, 3.63) is 83.9 Å². The fourth-order valence-corrected chi connectivity index (χ4v) is 6.16. The van der Waals surface area contributed by atoms with Crippen molar-refractivity contribution >= 4 is 21.4 Å². The van der Waals surface area contributed by atoms with Crippen molar-refractivity contribution in [3.63, 3.8) is 0 Å². The quantitative estimate of drug-likeness (QED) is 0.433. The Morgan fingerprint density at radius 1 is 0.914 bits per heavy atom. The van der Waals surface area contributed by atoms with Gasteiger partial charge in [0.2, 0.25) is 5.75 Å². The van der Waals surface area contributed by atoms with Crippen LogP contribution in [0.15, 0.2) is 77.7 Å². The Hall–Kier alpha value is -3.65. The van der Waals surface area contributed by atoms with Gasteiger partial charge in [0.15, 0.2) is 11.5 Å². The number of methoxy groups -OCH3 is 3. The van der Waals surface area contributed by atoms with Gasteiger partial charge in [-0.05, 0) is 65.9 Å². The van der Waals surface area contributed by atoms with E-state index < -0.39 is 10.0 Å². The Kier molecular flexibility index (Phi) is 6.06. The highest BCUT2D eigenvalue weighted by Gasteiger charge is 2.39. The van der Waals surface area contributed by atoms with E-state index in [4.69, 9.17) is 14.2 Å². The Labute approximate surface area is 205 Å². The second kappa shape index (κ2) is 9.19. The zero-order valence-corrected chi connectivity index (χ0v) is 20.6. The first-order valence-corrected chi connectivity index (χ1v) is 12.9. The highest BCUT2D eigenvalue weighted by Crippen LogP contribution is 2.52. The molecule has 3 aromatic rings. The minimum atomic E-state index is -3.72. The number of hydrogen-bond acceptors (Lipinski definition) is 6. The first-order chi connectivity index (χ1) is 16.9. The largest absolute Gasteiger partial charge is 0.493 e. The molecule has 0 fully saturated rings. The molecule has 0 aromatic heterocycles. The second-order valence-electron chi connectivity index (χ2n) is 8.65. The predicted octanol–water partition coefficient (Wildman–Crippen LogP) is 5.34. The third-order valence-electron chi connectivity index (χ3n) is 6.72. The van der Waals surface area contributed by atoms with Gasteiger partial charge in [-0.3, -0.25) is 4.72 Å². The standard InChI is InChI=1S/C27H28N2O5S/c1-32-24-14-17(15-25(33-2)27(24)34-3)26-21-11-7-10-20(21)22-16-19(12-13-23(22)28-26)35(30,31)29-18-8-5-4-6-9-18/h4-10,12-16,20-21,26,28-29H,11H2,1-3H3. The van der Waals surface area contributed by atoms with Gasteiger partial charge in [-0.1, -0.05) is 30.4 Å². The number of benzene rings is 3. The van der Waals surface area contributed by atoms with Crippen LogP contribution in [0, 0.1) is 5.92 Å². The molecule has 0 saturated carbocycles. The second-order valence-corrected chi connectivity index (χ2v) is 10.3. The fraction of sp³-hybridized carbons (Fsp3) is 0.259. The maximum atomic E-state index is 13.1. The molecule has 1 aliphatic heterocycles. The summed E-state index contributed by atoms with van der Waals surface area (Å²) in [6.07, 6.45) is 5.22. The highest BCUT2D eigenvalue weighted by molar-refractivity contribution is 7.92. The van der Waals surface area contributed by atoms with Crippen LogP contribution in [0.3, 0.4) is 0 Å². The minimum absolute atomic E-state index is 0.0129. The normalized spacial score (nSPS) is 20.4. The maximum absolute atomic E-state index is 13.1. The van der Waals surface area contributed by atoms with Gasteiger partial charge in [-0.15, -0.1) is 0 Å². The average Bonchev–Trinajstić information content (AvgIpc) is 3.37. The molecule has 2 N–H and O–H groups in total. The van der Waals surface area contributed by atoms with Crippen molar-refractivity contribution < 1.29 is 22.6 Å². The summed E-state index contributed by atoms with van der Waals surface area (Å²) >= 11 is 0. The molecule has 1 aliphatic carbocycles. The number of para-hydroxylation sites is 1. The zero-order valence-electron chi connectivity index (χ0n) is 19.8. The van der Waals surface area contributed by atoms with Crippen molar-refractivity contribution in [2.45, 2.75) is 23.3 Å². The molecule has 1 heterocycles. The number of nitrogens with one attached hydrogen (secondary N) is 2. The number of fused-ring (bicyclic) bond motifs is 3. The topological polar surface area (TPSA) is 85.9 Å². The van der Waals surface area contributed by atoms with E-state index in [1.54, 1.807) is 57.7 Å².